The van der Waals surface area contributed by atoms with Crippen LogP contribution in [0, 0.1) is 12.9 Å². The lowest BCUT2D eigenvalue weighted by molar-refractivity contribution is 0.102. The van der Waals surface area contributed by atoms with Crippen LogP contribution in [0.3, 0.4) is 0 Å². The number of aromatic nitrogens is 1. The second kappa shape index (κ2) is 4.83. The molecule has 0 saturated carbocycles. The molecule has 0 aliphatic rings. The second-order valence-electron chi connectivity index (χ2n) is 3.80. The molecule has 0 saturated heterocycles. The largest absolute Gasteiger partial charge is 0.508 e. The van der Waals surface area contributed by atoms with E-state index in [-0.39, 0.29) is 11.4 Å². The minimum Gasteiger partial charge on any atom is -0.508 e. The van der Waals surface area contributed by atoms with Crippen molar-refractivity contribution in [2.75, 3.05) is 5.32 Å². The molecular formula is C13H11FN2O2. The number of hydrogen-bond donors (Lipinski definition) is 2. The number of nitrogens with one attached hydrogen (secondary N) is 1. The number of carbonyl (C=O) groups is 1. The first kappa shape index (κ1) is 12.0. The number of benzene rings is 1. The van der Waals surface area contributed by atoms with E-state index in [2.05, 4.69) is 10.3 Å². The highest BCUT2D eigenvalue weighted by Gasteiger charge is 2.09. The molecule has 0 radical (unpaired) electrons. The lowest BCUT2D eigenvalue weighted by Crippen LogP contribution is -2.14. The Morgan fingerprint density at radius 3 is 2.78 bits per heavy atom. The number of nitrogens with zero attached hydrogens (tertiary/aromatic N) is 1. The Hall–Kier alpha value is -2.43. The van der Waals surface area contributed by atoms with Crippen molar-refractivity contribution >= 4 is 11.6 Å². The molecule has 0 unspecified atom stereocenters. The summed E-state index contributed by atoms with van der Waals surface area (Å²) < 4.78 is 12.9. The number of pyridine rings is 1. The number of carbonyl (C=O) groups excluding carboxylic acids is 1. The van der Waals surface area contributed by atoms with Gasteiger partial charge in [-0.25, -0.2) is 4.98 Å². The molecule has 2 aromatic rings. The summed E-state index contributed by atoms with van der Waals surface area (Å²) in [4.78, 5) is 15.2. The fourth-order valence-electron chi connectivity index (χ4n) is 1.42. The molecule has 0 aliphatic carbocycles. The van der Waals surface area contributed by atoms with Gasteiger partial charge in [0.15, 0.2) is 0 Å². The predicted molar refractivity (Wildman–Crippen MR) is 65.0 cm³/mol. The minimum absolute atomic E-state index is 0.0185. The maximum Gasteiger partial charge on any atom is 0.274 e. The SMILES string of the molecule is Cc1ccc(NC(=O)c2cccc(F)n2)cc1O. The van der Waals surface area contributed by atoms with Crippen LogP contribution in [0.5, 0.6) is 5.75 Å². The quantitative estimate of drug-likeness (QED) is 0.800. The first-order chi connectivity index (χ1) is 8.56. The van der Waals surface area contributed by atoms with E-state index >= 15 is 0 Å². The molecule has 2 N–H and O–H groups in total. The summed E-state index contributed by atoms with van der Waals surface area (Å²) >= 11 is 0. The maximum absolute atomic E-state index is 12.9. The number of anilines is 1. The van der Waals surface area contributed by atoms with Crippen LogP contribution < -0.4 is 5.32 Å². The number of halogens is 1. The highest BCUT2D eigenvalue weighted by atomic mass is 19.1. The minimum atomic E-state index is -0.714. The molecule has 1 heterocycles. The van der Waals surface area contributed by atoms with E-state index in [1.807, 2.05) is 0 Å². The van der Waals surface area contributed by atoms with Crippen LogP contribution in [0.1, 0.15) is 16.1 Å². The topological polar surface area (TPSA) is 62.2 Å². The summed E-state index contributed by atoms with van der Waals surface area (Å²) in [5.74, 6) is -1.16. The zero-order valence-electron chi connectivity index (χ0n) is 9.64. The number of aromatic hydroxyl groups is 1. The van der Waals surface area contributed by atoms with Crippen LogP contribution in [0.2, 0.25) is 0 Å². The summed E-state index contributed by atoms with van der Waals surface area (Å²) in [6, 6.07) is 8.72. The normalized spacial score (nSPS) is 10.1. The predicted octanol–water partition coefficient (Wildman–Crippen LogP) is 2.49. The Bertz CT molecular complexity index is 599. The van der Waals surface area contributed by atoms with Crippen molar-refractivity contribution in [1.29, 1.82) is 0 Å². The third-order valence-corrected chi connectivity index (χ3v) is 2.41. The number of amides is 1. The van der Waals surface area contributed by atoms with Crippen LogP contribution in [0.4, 0.5) is 10.1 Å². The van der Waals surface area contributed by atoms with Gasteiger partial charge in [-0.15, -0.1) is 0 Å². The van der Waals surface area contributed by atoms with Crippen molar-refractivity contribution in [2.45, 2.75) is 6.92 Å². The molecule has 1 aromatic carbocycles. The van der Waals surface area contributed by atoms with Crippen molar-refractivity contribution in [2.24, 2.45) is 0 Å². The van der Waals surface area contributed by atoms with E-state index in [0.29, 0.717) is 11.3 Å². The van der Waals surface area contributed by atoms with Gasteiger partial charge in [-0.1, -0.05) is 12.1 Å². The molecule has 92 valence electrons. The summed E-state index contributed by atoms with van der Waals surface area (Å²) in [6.07, 6.45) is 0. The van der Waals surface area contributed by atoms with E-state index in [1.165, 1.54) is 18.2 Å². The van der Waals surface area contributed by atoms with Crippen molar-refractivity contribution in [3.63, 3.8) is 0 Å². The van der Waals surface area contributed by atoms with Gasteiger partial charge >= 0.3 is 0 Å². The zero-order chi connectivity index (χ0) is 13.1. The number of aryl methyl sites for hydroxylation is 1. The average Bonchev–Trinajstić information content (AvgIpc) is 2.34. The molecule has 2 rings (SSSR count). The standard InChI is InChI=1S/C13H11FN2O2/c1-8-5-6-9(7-11(8)17)15-13(18)10-3-2-4-12(14)16-10/h2-7,17H,1H3,(H,15,18). The van der Waals surface area contributed by atoms with Crippen LogP contribution in [-0.4, -0.2) is 16.0 Å². The van der Waals surface area contributed by atoms with Gasteiger partial charge < -0.3 is 10.4 Å². The lowest BCUT2D eigenvalue weighted by Gasteiger charge is -2.06. The Morgan fingerprint density at radius 1 is 1.33 bits per heavy atom. The second-order valence-corrected chi connectivity index (χ2v) is 3.80. The molecule has 0 fully saturated rings. The Kier molecular flexibility index (Phi) is 3.23. The molecule has 0 bridgehead atoms. The van der Waals surface area contributed by atoms with Gasteiger partial charge in [0.25, 0.3) is 5.91 Å². The van der Waals surface area contributed by atoms with Crippen LogP contribution in [-0.2, 0) is 0 Å². The zero-order valence-corrected chi connectivity index (χ0v) is 9.64. The van der Waals surface area contributed by atoms with Gasteiger partial charge in [-0.2, -0.15) is 4.39 Å². The summed E-state index contributed by atoms with van der Waals surface area (Å²) in [5.41, 5.74) is 1.11. The van der Waals surface area contributed by atoms with Crippen LogP contribution in [0.25, 0.3) is 0 Å². The van der Waals surface area contributed by atoms with Gasteiger partial charge in [-0.05, 0) is 30.7 Å². The first-order valence-electron chi connectivity index (χ1n) is 5.30. The van der Waals surface area contributed by atoms with Gasteiger partial charge in [0.2, 0.25) is 5.95 Å². The number of phenols is 1. The number of rotatable bonds is 2. The van der Waals surface area contributed by atoms with E-state index < -0.39 is 11.9 Å². The lowest BCUT2D eigenvalue weighted by atomic mass is 10.2. The third kappa shape index (κ3) is 2.63. The Balaban J connectivity index is 2.18. The van der Waals surface area contributed by atoms with E-state index in [4.69, 9.17) is 0 Å². The van der Waals surface area contributed by atoms with Crippen molar-refractivity contribution < 1.29 is 14.3 Å². The van der Waals surface area contributed by atoms with Crippen LogP contribution in [0.15, 0.2) is 36.4 Å². The van der Waals surface area contributed by atoms with E-state index in [1.54, 1.807) is 19.1 Å². The fourth-order valence-corrected chi connectivity index (χ4v) is 1.42. The first-order valence-corrected chi connectivity index (χ1v) is 5.30. The monoisotopic (exact) mass is 246 g/mol. The molecule has 1 aromatic heterocycles. The fraction of sp³-hybridized carbons (Fsp3) is 0.0769. The molecule has 0 atom stereocenters. The number of hydrogen-bond acceptors (Lipinski definition) is 3. The molecule has 5 heteroatoms. The van der Waals surface area contributed by atoms with Crippen molar-refractivity contribution in [3.05, 3.63) is 53.6 Å². The van der Waals surface area contributed by atoms with Crippen LogP contribution >= 0.6 is 0 Å². The summed E-state index contributed by atoms with van der Waals surface area (Å²) in [5, 5.41) is 12.0. The summed E-state index contributed by atoms with van der Waals surface area (Å²) in [7, 11) is 0. The maximum atomic E-state index is 12.9. The summed E-state index contributed by atoms with van der Waals surface area (Å²) in [6.45, 7) is 1.75. The van der Waals surface area contributed by atoms with E-state index in [9.17, 15) is 14.3 Å². The third-order valence-electron chi connectivity index (χ3n) is 2.41. The van der Waals surface area contributed by atoms with E-state index in [0.717, 1.165) is 6.07 Å². The van der Waals surface area contributed by atoms with Gasteiger partial charge in [0.1, 0.15) is 11.4 Å². The molecule has 18 heavy (non-hydrogen) atoms. The van der Waals surface area contributed by atoms with Crippen molar-refractivity contribution in [3.8, 4) is 5.75 Å². The Morgan fingerprint density at radius 2 is 2.11 bits per heavy atom. The highest BCUT2D eigenvalue weighted by molar-refractivity contribution is 6.02. The molecule has 0 aliphatic heterocycles. The average molecular weight is 246 g/mol. The molecular weight excluding hydrogens is 235 g/mol. The smallest absolute Gasteiger partial charge is 0.274 e. The van der Waals surface area contributed by atoms with Gasteiger partial charge in [0.05, 0.1) is 0 Å². The van der Waals surface area contributed by atoms with Gasteiger partial charge in [-0.3, -0.25) is 4.79 Å². The molecule has 0 spiro atoms. The van der Waals surface area contributed by atoms with Gasteiger partial charge in [0, 0.05) is 11.8 Å². The van der Waals surface area contributed by atoms with Crippen molar-refractivity contribution in [1.82, 2.24) is 4.98 Å². The number of phenolic OH excluding ortho intramolecular Hbond substituents is 1. The highest BCUT2D eigenvalue weighted by Crippen LogP contribution is 2.21. The molecule has 1 amide bonds. The molecule has 4 nitrogen and oxygen atoms in total. The Labute approximate surface area is 103 Å².